The summed E-state index contributed by atoms with van der Waals surface area (Å²) >= 11 is 0. The zero-order valence-electron chi connectivity index (χ0n) is 5.81. The molecular formula is N12P+. The maximum absolute atomic E-state index is 8.02. The van der Waals surface area contributed by atoms with Gasteiger partial charge in [0, 0.05) is 19.6 Å². The average Bonchev–Trinajstić information content (AvgIpc) is 2.06. The fourth-order valence-electron chi connectivity index (χ4n) is 0.322. The number of hydrogen-bond acceptors (Lipinski definition) is 4. The van der Waals surface area contributed by atoms with Gasteiger partial charge in [0.05, 0.1) is 19.5 Å². The topological polar surface area (TPSA) is 195 Å². The Morgan fingerprint density at radius 3 is 1.00 bits per heavy atom. The SMILES string of the molecule is [N-]=[N+]=N[P+](N=[N+]=[N-])(N=[N+]=[N-])N=[N+]=[N-]. The van der Waals surface area contributed by atoms with Crippen molar-refractivity contribution in [3.63, 3.8) is 0 Å². The summed E-state index contributed by atoms with van der Waals surface area (Å²) in [7, 11) is -3.66. The molecule has 0 unspecified atom stereocenters. The Hall–Kier alpha value is -2.33. The predicted octanol–water partition coefficient (Wildman–Crippen LogP) is 3.91. The molecule has 0 rings (SSSR count). The minimum Gasteiger partial charge on any atom is -0.000273 e. The van der Waals surface area contributed by atoms with Crippen molar-refractivity contribution in [1.29, 1.82) is 0 Å². The molecule has 13 heavy (non-hydrogen) atoms. The van der Waals surface area contributed by atoms with Crippen molar-refractivity contribution in [2.45, 2.75) is 0 Å². The predicted molar refractivity (Wildman–Crippen MR) is 43.5 cm³/mol. The van der Waals surface area contributed by atoms with Gasteiger partial charge >= 0.3 is 7.87 Å². The van der Waals surface area contributed by atoms with Crippen molar-refractivity contribution >= 4 is 7.87 Å². The molecule has 0 aliphatic carbocycles. The Morgan fingerprint density at radius 1 is 0.615 bits per heavy atom. The van der Waals surface area contributed by atoms with Crippen LogP contribution in [0.25, 0.3) is 41.8 Å². The van der Waals surface area contributed by atoms with Crippen molar-refractivity contribution in [2.75, 3.05) is 0 Å². The molecule has 0 aliphatic heterocycles. The summed E-state index contributed by atoms with van der Waals surface area (Å²) in [6, 6.07) is 0. The van der Waals surface area contributed by atoms with Crippen LogP contribution in [0.5, 0.6) is 0 Å². The van der Waals surface area contributed by atoms with Crippen molar-refractivity contribution in [1.82, 2.24) is 0 Å². The quantitative estimate of drug-likeness (QED) is 0.274. The molecule has 13 heteroatoms. The zero-order chi connectivity index (χ0) is 10.2. The normalized spacial score (nSPS) is 11.7. The van der Waals surface area contributed by atoms with E-state index >= 15 is 0 Å². The Morgan fingerprint density at radius 2 is 0.846 bits per heavy atom. The summed E-state index contributed by atoms with van der Waals surface area (Å²) in [5.74, 6) is 0. The van der Waals surface area contributed by atoms with Crippen LogP contribution < -0.4 is 0 Å². The Labute approximate surface area is 70.2 Å². The molecule has 0 aliphatic rings. The molecule has 0 saturated carbocycles. The molecule has 0 bridgehead atoms. The lowest BCUT2D eigenvalue weighted by Gasteiger charge is -1.90. The molecule has 0 heterocycles. The smallest absolute Gasteiger partial charge is 0.000273 e. The van der Waals surface area contributed by atoms with E-state index in [1.165, 1.54) is 0 Å². The molecule has 64 valence electrons. The average molecular weight is 199 g/mol. The van der Waals surface area contributed by atoms with Gasteiger partial charge < -0.3 is 0 Å². The van der Waals surface area contributed by atoms with Crippen LogP contribution >= 0.6 is 7.87 Å². The van der Waals surface area contributed by atoms with Gasteiger partial charge in [-0.1, -0.05) is 0 Å². The van der Waals surface area contributed by atoms with Gasteiger partial charge in [0.25, 0.3) is 0 Å². The second-order valence-electron chi connectivity index (χ2n) is 1.25. The molecule has 0 saturated heterocycles. The third kappa shape index (κ3) is 3.04. The Bertz CT molecular complexity index is 284. The van der Waals surface area contributed by atoms with E-state index in [0.717, 1.165) is 0 Å². The highest BCUT2D eigenvalue weighted by atomic mass is 31.2. The van der Waals surface area contributed by atoms with E-state index in [4.69, 9.17) is 22.1 Å². The maximum atomic E-state index is 8.02. The molecule has 0 aromatic rings. The number of hydrogen-bond donors (Lipinski definition) is 0. The first-order valence-electron chi connectivity index (χ1n) is 2.40. The van der Waals surface area contributed by atoms with E-state index in [1.54, 1.807) is 0 Å². The van der Waals surface area contributed by atoms with Crippen molar-refractivity contribution < 1.29 is 0 Å². The van der Waals surface area contributed by atoms with Crippen LogP contribution in [-0.2, 0) is 0 Å². The van der Waals surface area contributed by atoms with Crippen LogP contribution in [0.1, 0.15) is 0 Å². The molecule has 0 N–H and O–H groups in total. The second kappa shape index (κ2) is 5.34. The van der Waals surface area contributed by atoms with E-state index in [2.05, 4.69) is 39.2 Å². The summed E-state index contributed by atoms with van der Waals surface area (Å²) in [6.45, 7) is 0. The molecule has 12 nitrogen and oxygen atoms in total. The minimum absolute atomic E-state index is 2.24. The van der Waals surface area contributed by atoms with Crippen LogP contribution in [-0.4, -0.2) is 0 Å². The van der Waals surface area contributed by atoms with Crippen molar-refractivity contribution in [2.24, 2.45) is 19.5 Å². The van der Waals surface area contributed by atoms with Gasteiger partial charge in [0.15, 0.2) is 0 Å². The fourth-order valence-corrected chi connectivity index (χ4v) is 0.966. The van der Waals surface area contributed by atoms with Gasteiger partial charge in [0.1, 0.15) is 0 Å². The zero-order valence-corrected chi connectivity index (χ0v) is 6.71. The van der Waals surface area contributed by atoms with Crippen LogP contribution in [0, 0.1) is 0 Å². The van der Waals surface area contributed by atoms with E-state index < -0.39 is 7.87 Å². The number of rotatable bonds is 4. The van der Waals surface area contributed by atoms with Gasteiger partial charge in [0.2, 0.25) is 0 Å². The molecule has 0 aromatic heterocycles. The minimum atomic E-state index is -3.66. The number of nitrogens with zero attached hydrogens (tertiary/aromatic N) is 12. The first-order chi connectivity index (χ1) is 6.24. The molecule has 0 spiro atoms. The van der Waals surface area contributed by atoms with Gasteiger partial charge in [-0.25, -0.2) is 0 Å². The van der Waals surface area contributed by atoms with E-state index in [0.29, 0.717) is 0 Å². The Balaban J connectivity index is 5.52. The highest BCUT2D eigenvalue weighted by molar-refractivity contribution is 7.70. The van der Waals surface area contributed by atoms with E-state index in [-0.39, 0.29) is 0 Å². The largest absolute Gasteiger partial charge is 0.454 e. The third-order valence-corrected chi connectivity index (χ3v) is 1.92. The second-order valence-corrected chi connectivity index (χ2v) is 3.04. The molecule has 0 atom stereocenters. The monoisotopic (exact) mass is 199 g/mol. The van der Waals surface area contributed by atoms with Gasteiger partial charge in [-0.15, -0.1) is 0 Å². The molecule has 0 fully saturated rings. The maximum Gasteiger partial charge on any atom is 0.454 e. The lowest BCUT2D eigenvalue weighted by molar-refractivity contribution is 1.41. The van der Waals surface area contributed by atoms with Crippen LogP contribution in [0.4, 0.5) is 0 Å². The highest BCUT2D eigenvalue weighted by Crippen LogP contribution is 2.65. The summed E-state index contributed by atoms with van der Waals surface area (Å²) in [4.78, 5) is 20.4. The summed E-state index contributed by atoms with van der Waals surface area (Å²) < 4.78 is 0. The van der Waals surface area contributed by atoms with Crippen LogP contribution in [0.3, 0.4) is 0 Å². The van der Waals surface area contributed by atoms with Crippen molar-refractivity contribution in [3.05, 3.63) is 41.8 Å². The molecule has 0 radical (unpaired) electrons. The lowest BCUT2D eigenvalue weighted by Crippen LogP contribution is -1.68. The Kier molecular flexibility index (Phi) is 4.38. The van der Waals surface area contributed by atoms with Gasteiger partial charge in [-0.2, -0.15) is 0 Å². The summed E-state index contributed by atoms with van der Waals surface area (Å²) in [5, 5.41) is 0. The van der Waals surface area contributed by atoms with Crippen molar-refractivity contribution in [3.8, 4) is 0 Å². The van der Waals surface area contributed by atoms with Gasteiger partial charge in [-0.05, 0) is 22.1 Å². The van der Waals surface area contributed by atoms with Gasteiger partial charge in [-0.3, -0.25) is 0 Å². The number of azide groups is 1. The first-order valence-corrected chi connectivity index (χ1v) is 4.00. The first kappa shape index (κ1) is 10.7. The lowest BCUT2D eigenvalue weighted by atomic mass is 12.9. The molecular weight excluding hydrogens is 199 g/mol. The van der Waals surface area contributed by atoms with E-state index in [1.807, 2.05) is 0 Å². The molecule has 0 aromatic carbocycles. The van der Waals surface area contributed by atoms with Crippen LogP contribution in [0.2, 0.25) is 0 Å². The highest BCUT2D eigenvalue weighted by Gasteiger charge is 2.40. The van der Waals surface area contributed by atoms with Crippen LogP contribution in [0.15, 0.2) is 19.5 Å². The standard InChI is InChI=1S/N12P/c1-5-9-13(10-6-2,11-7-3)12-8-4/q+1. The summed E-state index contributed by atoms with van der Waals surface area (Å²) in [5.41, 5.74) is 32.1. The third-order valence-electron chi connectivity index (χ3n) is 0.640. The molecule has 0 amide bonds. The summed E-state index contributed by atoms with van der Waals surface area (Å²) in [6.07, 6.45) is 0. The van der Waals surface area contributed by atoms with E-state index in [9.17, 15) is 0 Å². The fraction of sp³-hybridized carbons (Fsp3) is 0.